The van der Waals surface area contributed by atoms with Crippen molar-refractivity contribution in [3.63, 3.8) is 0 Å². The molecule has 0 spiro atoms. The van der Waals surface area contributed by atoms with Crippen molar-refractivity contribution in [1.29, 1.82) is 0 Å². The van der Waals surface area contributed by atoms with Crippen LogP contribution in [0.5, 0.6) is 0 Å². The fourth-order valence-corrected chi connectivity index (χ4v) is 2.46. The zero-order valence-corrected chi connectivity index (χ0v) is 14.1. The fraction of sp³-hybridized carbons (Fsp3) is 0.125. The number of nitro groups is 1. The van der Waals surface area contributed by atoms with Crippen molar-refractivity contribution >= 4 is 23.0 Å². The first kappa shape index (κ1) is 18.6. The molecule has 0 saturated heterocycles. The Labute approximate surface area is 154 Å². The maximum Gasteiger partial charge on any atom is 0.417 e. The molecule has 1 N–H and O–H groups in total. The number of hydrogen-bond donors (Lipinski definition) is 1. The van der Waals surface area contributed by atoms with E-state index in [2.05, 4.69) is 15.5 Å². The van der Waals surface area contributed by atoms with E-state index in [-0.39, 0.29) is 29.6 Å². The first-order chi connectivity index (χ1) is 12.7. The van der Waals surface area contributed by atoms with Gasteiger partial charge in [-0.2, -0.15) is 18.2 Å². The van der Waals surface area contributed by atoms with Gasteiger partial charge >= 0.3 is 6.18 Å². The third kappa shape index (κ3) is 4.34. The molecule has 0 aliphatic rings. The number of hydrogen-bond acceptors (Lipinski definition) is 6. The Hall–Kier alpha value is -3.14. The van der Waals surface area contributed by atoms with Gasteiger partial charge in [0, 0.05) is 23.4 Å². The molecule has 0 radical (unpaired) electrons. The number of non-ortho nitro benzene ring substituents is 1. The number of halogens is 4. The molecule has 140 valence electrons. The second-order valence-corrected chi connectivity index (χ2v) is 5.77. The number of nitrogens with one attached hydrogen (secondary N) is 1. The Morgan fingerprint density at radius 3 is 2.70 bits per heavy atom. The average molecular weight is 399 g/mol. The van der Waals surface area contributed by atoms with Crippen LogP contribution in [0.25, 0.3) is 11.4 Å². The third-order valence-corrected chi connectivity index (χ3v) is 3.83. The summed E-state index contributed by atoms with van der Waals surface area (Å²) in [6, 6.07) is 9.06. The number of nitro benzene ring substituents is 1. The lowest BCUT2D eigenvalue weighted by Gasteiger charge is -2.11. The van der Waals surface area contributed by atoms with Gasteiger partial charge in [-0.1, -0.05) is 28.9 Å². The topological polar surface area (TPSA) is 94.1 Å². The summed E-state index contributed by atoms with van der Waals surface area (Å²) in [5.41, 5.74) is -0.540. The maximum absolute atomic E-state index is 12.9. The van der Waals surface area contributed by atoms with Crippen molar-refractivity contribution in [2.45, 2.75) is 12.7 Å². The van der Waals surface area contributed by atoms with E-state index in [4.69, 9.17) is 16.1 Å². The van der Waals surface area contributed by atoms with Crippen LogP contribution >= 0.6 is 11.6 Å². The summed E-state index contributed by atoms with van der Waals surface area (Å²) in [4.78, 5) is 14.3. The van der Waals surface area contributed by atoms with E-state index in [1.54, 1.807) is 6.07 Å². The highest BCUT2D eigenvalue weighted by molar-refractivity contribution is 6.31. The van der Waals surface area contributed by atoms with Crippen molar-refractivity contribution in [3.8, 4) is 11.4 Å². The van der Waals surface area contributed by atoms with Crippen LogP contribution in [0.3, 0.4) is 0 Å². The van der Waals surface area contributed by atoms with Gasteiger partial charge < -0.3 is 9.84 Å². The van der Waals surface area contributed by atoms with Crippen LogP contribution in [0, 0.1) is 10.1 Å². The summed E-state index contributed by atoms with van der Waals surface area (Å²) < 4.78 is 43.6. The van der Waals surface area contributed by atoms with Crippen LogP contribution in [-0.2, 0) is 12.7 Å². The Kier molecular flexibility index (Phi) is 5.00. The summed E-state index contributed by atoms with van der Waals surface area (Å²) in [6.45, 7) is -0.0408. The van der Waals surface area contributed by atoms with Crippen LogP contribution in [0.15, 0.2) is 47.0 Å². The molecule has 27 heavy (non-hydrogen) atoms. The number of aromatic nitrogens is 2. The van der Waals surface area contributed by atoms with Gasteiger partial charge in [0.25, 0.3) is 5.69 Å². The second kappa shape index (κ2) is 7.23. The van der Waals surface area contributed by atoms with Crippen molar-refractivity contribution in [2.24, 2.45) is 0 Å². The lowest BCUT2D eigenvalue weighted by molar-refractivity contribution is -0.384. The van der Waals surface area contributed by atoms with Crippen LogP contribution in [0.1, 0.15) is 11.5 Å². The van der Waals surface area contributed by atoms with Gasteiger partial charge in [0.05, 0.1) is 22.1 Å². The number of benzene rings is 2. The molecule has 0 saturated carbocycles. The molecule has 0 bridgehead atoms. The van der Waals surface area contributed by atoms with Crippen molar-refractivity contribution in [1.82, 2.24) is 10.1 Å². The molecule has 2 aromatic carbocycles. The van der Waals surface area contributed by atoms with Gasteiger partial charge in [0.2, 0.25) is 11.7 Å². The maximum atomic E-state index is 12.9. The first-order valence-electron chi connectivity index (χ1n) is 7.42. The van der Waals surface area contributed by atoms with Gasteiger partial charge in [-0.3, -0.25) is 10.1 Å². The van der Waals surface area contributed by atoms with Crippen LogP contribution in [0.2, 0.25) is 5.02 Å². The highest BCUT2D eigenvalue weighted by Gasteiger charge is 2.33. The number of rotatable bonds is 5. The molecule has 3 rings (SSSR count). The predicted molar refractivity (Wildman–Crippen MR) is 90.2 cm³/mol. The molecule has 11 heteroatoms. The molecule has 0 atom stereocenters. The van der Waals surface area contributed by atoms with E-state index in [1.165, 1.54) is 24.3 Å². The smallest absolute Gasteiger partial charge is 0.376 e. The highest BCUT2D eigenvalue weighted by Crippen LogP contribution is 2.36. The zero-order valence-electron chi connectivity index (χ0n) is 13.3. The minimum atomic E-state index is -4.57. The normalized spacial score (nSPS) is 11.4. The molecular formula is C16H10ClF3N4O3. The summed E-state index contributed by atoms with van der Waals surface area (Å²) >= 11 is 5.57. The molecule has 1 aromatic heterocycles. The molecular weight excluding hydrogens is 389 g/mol. The molecule has 0 unspecified atom stereocenters. The summed E-state index contributed by atoms with van der Waals surface area (Å²) in [6.07, 6.45) is -4.57. The minimum Gasteiger partial charge on any atom is -0.376 e. The van der Waals surface area contributed by atoms with Crippen LogP contribution < -0.4 is 5.32 Å². The standard InChI is InChI=1S/C16H10ClF3N4O3/c17-13-5-4-10(7-12(13)16(18,19)20)21-8-14-22-15(23-27-14)9-2-1-3-11(6-9)24(25)26/h1-7,21H,8H2. The van der Waals surface area contributed by atoms with E-state index in [0.29, 0.717) is 5.56 Å². The monoisotopic (exact) mass is 398 g/mol. The van der Waals surface area contributed by atoms with Gasteiger partial charge in [0.15, 0.2) is 0 Å². The molecule has 0 fully saturated rings. The van der Waals surface area contributed by atoms with Gasteiger partial charge in [-0.05, 0) is 18.2 Å². The summed E-state index contributed by atoms with van der Waals surface area (Å²) in [7, 11) is 0. The molecule has 0 amide bonds. The Morgan fingerprint density at radius 2 is 2.00 bits per heavy atom. The minimum absolute atomic E-state index is 0.0408. The fourth-order valence-electron chi connectivity index (χ4n) is 2.23. The first-order valence-corrected chi connectivity index (χ1v) is 7.80. The third-order valence-electron chi connectivity index (χ3n) is 3.50. The molecule has 7 nitrogen and oxygen atoms in total. The van der Waals surface area contributed by atoms with E-state index in [1.807, 2.05) is 0 Å². The lowest BCUT2D eigenvalue weighted by Crippen LogP contribution is -2.07. The van der Waals surface area contributed by atoms with E-state index in [9.17, 15) is 23.3 Å². The quantitative estimate of drug-likeness (QED) is 0.483. The average Bonchev–Trinajstić information content (AvgIpc) is 3.09. The SMILES string of the molecule is O=[N+]([O-])c1cccc(-c2noc(CNc3ccc(Cl)c(C(F)(F)F)c3)n2)c1. The van der Waals surface area contributed by atoms with Crippen LogP contribution in [-0.4, -0.2) is 15.1 Å². The Bertz CT molecular complexity index is 991. The zero-order chi connectivity index (χ0) is 19.6. The van der Waals surface area contributed by atoms with E-state index >= 15 is 0 Å². The van der Waals surface area contributed by atoms with Crippen molar-refractivity contribution in [3.05, 3.63) is 69.1 Å². The Morgan fingerprint density at radius 1 is 1.22 bits per heavy atom. The summed E-state index contributed by atoms with van der Waals surface area (Å²) in [5, 5.41) is 16.9. The molecule has 0 aliphatic heterocycles. The molecule has 0 aliphatic carbocycles. The van der Waals surface area contributed by atoms with E-state index in [0.717, 1.165) is 12.1 Å². The van der Waals surface area contributed by atoms with E-state index < -0.39 is 21.7 Å². The predicted octanol–water partition coefficient (Wildman–Crippen LogP) is 4.93. The number of nitrogens with zero attached hydrogens (tertiary/aromatic N) is 3. The number of anilines is 1. The molecule has 1 heterocycles. The van der Waals surface area contributed by atoms with Gasteiger partial charge in [-0.25, -0.2) is 0 Å². The molecule has 3 aromatic rings. The van der Waals surface area contributed by atoms with Crippen LogP contribution in [0.4, 0.5) is 24.5 Å². The number of alkyl halides is 3. The summed E-state index contributed by atoms with van der Waals surface area (Å²) in [5.74, 6) is 0.225. The van der Waals surface area contributed by atoms with Gasteiger partial charge in [-0.15, -0.1) is 0 Å². The highest BCUT2D eigenvalue weighted by atomic mass is 35.5. The van der Waals surface area contributed by atoms with Crippen molar-refractivity contribution < 1.29 is 22.6 Å². The largest absolute Gasteiger partial charge is 0.417 e. The second-order valence-electron chi connectivity index (χ2n) is 5.37. The van der Waals surface area contributed by atoms with Gasteiger partial charge in [0.1, 0.15) is 0 Å². The van der Waals surface area contributed by atoms with Crippen molar-refractivity contribution in [2.75, 3.05) is 5.32 Å². The lowest BCUT2D eigenvalue weighted by atomic mass is 10.2. The Balaban J connectivity index is 1.74.